The topological polar surface area (TPSA) is 26.3 Å². The number of ether oxygens (including phenoxy) is 1. The summed E-state index contributed by atoms with van der Waals surface area (Å²) in [5, 5.41) is 0. The number of rotatable bonds is 5. The van der Waals surface area contributed by atoms with Gasteiger partial charge in [-0.25, -0.2) is 0 Å². The fourth-order valence-corrected chi connectivity index (χ4v) is 1.94. The van der Waals surface area contributed by atoms with E-state index in [4.69, 9.17) is 4.74 Å². The Hall–Kier alpha value is -0.370. The van der Waals surface area contributed by atoms with Gasteiger partial charge in [0.25, 0.3) is 0 Å². The van der Waals surface area contributed by atoms with Crippen LogP contribution in [0.15, 0.2) is 0 Å². The number of carbonyl (C=O) groups excluding carboxylic acids is 1. The largest absolute Gasteiger partial charge is 0.373 e. The Balaban J connectivity index is 2.13. The first-order valence-corrected chi connectivity index (χ1v) is 5.80. The number of Topliss-reactive ketones (excluding diaryl/α,β-unsaturated/α-hetero) is 1. The summed E-state index contributed by atoms with van der Waals surface area (Å²) in [6.07, 6.45) is 5.92. The Morgan fingerprint density at radius 3 is 2.50 bits per heavy atom. The summed E-state index contributed by atoms with van der Waals surface area (Å²) in [4.78, 5) is 11.7. The van der Waals surface area contributed by atoms with Gasteiger partial charge in [0.2, 0.25) is 0 Å². The molecule has 2 nitrogen and oxygen atoms in total. The van der Waals surface area contributed by atoms with Crippen LogP contribution >= 0.6 is 0 Å². The van der Waals surface area contributed by atoms with Crippen LogP contribution in [-0.2, 0) is 9.53 Å². The highest BCUT2D eigenvalue weighted by Crippen LogP contribution is 2.24. The van der Waals surface area contributed by atoms with E-state index in [1.807, 2.05) is 0 Å². The van der Waals surface area contributed by atoms with E-state index in [1.165, 1.54) is 19.3 Å². The van der Waals surface area contributed by atoms with Crippen molar-refractivity contribution in [2.75, 3.05) is 13.2 Å². The normalized spacial score (nSPS) is 18.8. The first-order chi connectivity index (χ1) is 6.70. The van der Waals surface area contributed by atoms with Gasteiger partial charge in [-0.2, -0.15) is 0 Å². The summed E-state index contributed by atoms with van der Waals surface area (Å²) in [5.74, 6) is 1.15. The van der Waals surface area contributed by atoms with Gasteiger partial charge in [0.1, 0.15) is 6.61 Å². The monoisotopic (exact) mass is 198 g/mol. The summed E-state index contributed by atoms with van der Waals surface area (Å²) in [6, 6.07) is 0. The Morgan fingerprint density at radius 1 is 1.29 bits per heavy atom. The molecule has 1 fully saturated rings. The van der Waals surface area contributed by atoms with Crippen LogP contribution in [0.5, 0.6) is 0 Å². The molecule has 1 aliphatic rings. The molecule has 0 radical (unpaired) electrons. The van der Waals surface area contributed by atoms with Crippen molar-refractivity contribution in [1.82, 2.24) is 0 Å². The zero-order chi connectivity index (χ0) is 10.4. The van der Waals surface area contributed by atoms with Gasteiger partial charge in [0.15, 0.2) is 5.78 Å². The molecular formula is C12H22O2. The number of ketones is 1. The van der Waals surface area contributed by atoms with Gasteiger partial charge in [0.05, 0.1) is 0 Å². The van der Waals surface area contributed by atoms with Crippen LogP contribution in [0, 0.1) is 11.8 Å². The first-order valence-electron chi connectivity index (χ1n) is 5.80. The zero-order valence-corrected chi connectivity index (χ0v) is 9.42. The Labute approximate surface area is 87.0 Å². The van der Waals surface area contributed by atoms with Crippen molar-refractivity contribution in [3.05, 3.63) is 0 Å². The van der Waals surface area contributed by atoms with Crippen molar-refractivity contribution in [2.24, 2.45) is 11.8 Å². The van der Waals surface area contributed by atoms with Crippen LogP contribution in [-0.4, -0.2) is 19.0 Å². The van der Waals surface area contributed by atoms with Gasteiger partial charge in [-0.05, 0) is 18.8 Å². The molecule has 0 N–H and O–H groups in total. The highest BCUT2D eigenvalue weighted by Gasteiger charge is 2.20. The molecular weight excluding hydrogens is 176 g/mol. The Bertz CT molecular complexity index is 169. The van der Waals surface area contributed by atoms with E-state index in [-0.39, 0.29) is 0 Å². The molecule has 0 saturated heterocycles. The minimum Gasteiger partial charge on any atom is -0.373 e. The van der Waals surface area contributed by atoms with E-state index in [1.54, 1.807) is 0 Å². The molecule has 0 bridgehead atoms. The summed E-state index contributed by atoms with van der Waals surface area (Å²) in [7, 11) is 0. The minimum atomic E-state index is 0.302. The average Bonchev–Trinajstić information content (AvgIpc) is 2.18. The van der Waals surface area contributed by atoms with E-state index in [0.717, 1.165) is 12.8 Å². The second-order valence-corrected chi connectivity index (χ2v) is 4.71. The molecule has 0 spiro atoms. The van der Waals surface area contributed by atoms with Crippen LogP contribution < -0.4 is 0 Å². The van der Waals surface area contributed by atoms with Gasteiger partial charge in [-0.3, -0.25) is 4.79 Å². The molecule has 0 atom stereocenters. The van der Waals surface area contributed by atoms with Gasteiger partial charge in [0, 0.05) is 12.5 Å². The number of hydrogen-bond donors (Lipinski definition) is 0. The lowest BCUT2D eigenvalue weighted by atomic mass is 9.86. The van der Waals surface area contributed by atoms with E-state index >= 15 is 0 Å². The maximum Gasteiger partial charge on any atom is 0.161 e. The lowest BCUT2D eigenvalue weighted by Gasteiger charge is -2.20. The third kappa shape index (κ3) is 4.23. The highest BCUT2D eigenvalue weighted by molar-refractivity contribution is 5.82. The molecule has 0 heterocycles. The van der Waals surface area contributed by atoms with E-state index < -0.39 is 0 Å². The zero-order valence-electron chi connectivity index (χ0n) is 9.42. The molecule has 14 heavy (non-hydrogen) atoms. The smallest absolute Gasteiger partial charge is 0.161 e. The molecule has 0 unspecified atom stereocenters. The lowest BCUT2D eigenvalue weighted by molar-refractivity contribution is -0.128. The fraction of sp³-hybridized carbons (Fsp3) is 0.917. The molecule has 1 rings (SSSR count). The minimum absolute atomic E-state index is 0.302. The third-order valence-electron chi connectivity index (χ3n) is 2.76. The van der Waals surface area contributed by atoms with Crippen LogP contribution in [0.4, 0.5) is 0 Å². The molecule has 0 aromatic rings. The molecule has 0 aliphatic heterocycles. The molecule has 2 heteroatoms. The van der Waals surface area contributed by atoms with Gasteiger partial charge in [-0.1, -0.05) is 33.1 Å². The molecule has 0 aromatic heterocycles. The van der Waals surface area contributed by atoms with Crippen LogP contribution in [0.3, 0.4) is 0 Å². The van der Waals surface area contributed by atoms with Crippen molar-refractivity contribution in [3.63, 3.8) is 0 Å². The second kappa shape index (κ2) is 6.18. The fourth-order valence-electron chi connectivity index (χ4n) is 1.94. The average molecular weight is 198 g/mol. The van der Waals surface area contributed by atoms with Crippen LogP contribution in [0.2, 0.25) is 0 Å². The Morgan fingerprint density at radius 2 is 1.93 bits per heavy atom. The molecule has 1 saturated carbocycles. The molecule has 82 valence electrons. The van der Waals surface area contributed by atoms with Gasteiger partial charge < -0.3 is 4.74 Å². The predicted molar refractivity (Wildman–Crippen MR) is 57.2 cm³/mol. The molecule has 0 amide bonds. The first kappa shape index (κ1) is 11.7. The summed E-state index contributed by atoms with van der Waals surface area (Å²) in [6.45, 7) is 5.25. The van der Waals surface area contributed by atoms with E-state index in [9.17, 15) is 4.79 Å². The maximum atomic E-state index is 11.7. The lowest BCUT2D eigenvalue weighted by Crippen LogP contribution is -2.23. The summed E-state index contributed by atoms with van der Waals surface area (Å²) >= 11 is 0. The predicted octanol–water partition coefficient (Wildman–Crippen LogP) is 2.81. The van der Waals surface area contributed by atoms with Crippen LogP contribution in [0.25, 0.3) is 0 Å². The van der Waals surface area contributed by atoms with Crippen molar-refractivity contribution >= 4 is 5.78 Å². The standard InChI is InChI=1S/C12H22O2/c1-10(2)8-14-9-12(13)11-6-4-3-5-7-11/h10-11H,3-9H2,1-2H3. The van der Waals surface area contributed by atoms with Crippen molar-refractivity contribution in [2.45, 2.75) is 46.0 Å². The molecule has 0 aromatic carbocycles. The van der Waals surface area contributed by atoms with Crippen LogP contribution in [0.1, 0.15) is 46.0 Å². The highest BCUT2D eigenvalue weighted by atomic mass is 16.5. The summed E-state index contributed by atoms with van der Waals surface area (Å²) in [5.41, 5.74) is 0. The number of hydrogen-bond acceptors (Lipinski definition) is 2. The third-order valence-corrected chi connectivity index (χ3v) is 2.76. The molecule has 1 aliphatic carbocycles. The van der Waals surface area contributed by atoms with Crippen molar-refractivity contribution in [3.8, 4) is 0 Å². The Kier molecular flexibility index (Phi) is 5.16. The van der Waals surface area contributed by atoms with E-state index in [0.29, 0.717) is 30.8 Å². The van der Waals surface area contributed by atoms with Gasteiger partial charge >= 0.3 is 0 Å². The van der Waals surface area contributed by atoms with Crippen molar-refractivity contribution in [1.29, 1.82) is 0 Å². The quantitative estimate of drug-likeness (QED) is 0.679. The number of carbonyl (C=O) groups is 1. The SMILES string of the molecule is CC(C)COCC(=O)C1CCCCC1. The van der Waals surface area contributed by atoms with Crippen molar-refractivity contribution < 1.29 is 9.53 Å². The summed E-state index contributed by atoms with van der Waals surface area (Å²) < 4.78 is 5.36. The maximum absolute atomic E-state index is 11.7. The van der Waals surface area contributed by atoms with Gasteiger partial charge in [-0.15, -0.1) is 0 Å². The second-order valence-electron chi connectivity index (χ2n) is 4.71. The van der Waals surface area contributed by atoms with E-state index in [2.05, 4.69) is 13.8 Å².